The second kappa shape index (κ2) is 7.13. The van der Waals surface area contributed by atoms with Gasteiger partial charge in [-0.3, -0.25) is 9.59 Å². The van der Waals surface area contributed by atoms with Crippen LogP contribution in [-0.2, 0) is 26.0 Å². The van der Waals surface area contributed by atoms with E-state index in [-0.39, 0.29) is 35.7 Å². The molecule has 1 aromatic carbocycles. The van der Waals surface area contributed by atoms with Gasteiger partial charge in [0, 0.05) is 18.8 Å². The summed E-state index contributed by atoms with van der Waals surface area (Å²) in [6.07, 6.45) is 5.47. The monoisotopic (exact) mass is 365 g/mol. The first kappa shape index (κ1) is 17.9. The third-order valence-corrected chi connectivity index (χ3v) is 6.23. The first-order valence-electron chi connectivity index (χ1n) is 8.55. The van der Waals surface area contributed by atoms with Crippen molar-refractivity contribution in [3.63, 3.8) is 0 Å². The summed E-state index contributed by atoms with van der Waals surface area (Å²) in [6.45, 7) is -0.283. The van der Waals surface area contributed by atoms with Crippen molar-refractivity contribution in [1.82, 2.24) is 10.0 Å². The predicted octanol–water partition coefficient (Wildman–Crippen LogP) is 0.933. The minimum Gasteiger partial charge on any atom is -0.352 e. The third kappa shape index (κ3) is 4.01. The van der Waals surface area contributed by atoms with Crippen LogP contribution in [0.5, 0.6) is 0 Å². The fourth-order valence-electron chi connectivity index (χ4n) is 3.38. The maximum Gasteiger partial charge on any atom is 0.241 e. The average molecular weight is 365 g/mol. The average Bonchev–Trinajstić information content (AvgIpc) is 2.88. The van der Waals surface area contributed by atoms with E-state index in [1.807, 2.05) is 0 Å². The number of fused-ring (bicyclic) bond motifs is 1. The number of nitrogens with zero attached hydrogens (tertiary/aromatic N) is 1. The van der Waals surface area contributed by atoms with Crippen LogP contribution in [-0.4, -0.2) is 39.9 Å². The molecular weight excluding hydrogens is 342 g/mol. The summed E-state index contributed by atoms with van der Waals surface area (Å²) >= 11 is 0. The minimum atomic E-state index is -3.79. The second-order valence-electron chi connectivity index (χ2n) is 6.65. The molecule has 8 heteroatoms. The number of amides is 2. The number of nitrogens with one attached hydrogen (secondary N) is 2. The van der Waals surface area contributed by atoms with Crippen LogP contribution in [0.1, 0.15) is 37.7 Å². The summed E-state index contributed by atoms with van der Waals surface area (Å²) in [5, 5.41) is 2.88. The van der Waals surface area contributed by atoms with Gasteiger partial charge in [-0.05, 0) is 36.6 Å². The molecule has 0 aromatic heterocycles. The van der Waals surface area contributed by atoms with Gasteiger partial charge in [-0.25, -0.2) is 13.1 Å². The standard InChI is InChI=1S/C17H23N3O4S/c1-20-15-8-7-14(9-12(15)10-17(20)22)25(23,24)18-11-16(21)19-13-5-3-2-4-6-13/h7-9,13,18H,2-6,10-11H2,1H3,(H,19,21). The molecule has 2 aliphatic rings. The summed E-state index contributed by atoms with van der Waals surface area (Å²) in [7, 11) is -2.13. The molecule has 0 bridgehead atoms. The summed E-state index contributed by atoms with van der Waals surface area (Å²) in [4.78, 5) is 25.3. The number of hydrogen-bond donors (Lipinski definition) is 2. The number of carbonyl (C=O) groups is 2. The van der Waals surface area contributed by atoms with E-state index in [1.54, 1.807) is 13.1 Å². The molecule has 0 saturated heterocycles. The van der Waals surface area contributed by atoms with Gasteiger partial charge in [-0.1, -0.05) is 19.3 Å². The Bertz CT molecular complexity index is 785. The maximum atomic E-state index is 12.4. The zero-order valence-electron chi connectivity index (χ0n) is 14.2. The smallest absolute Gasteiger partial charge is 0.241 e. The quantitative estimate of drug-likeness (QED) is 0.811. The first-order chi connectivity index (χ1) is 11.9. The molecular formula is C17H23N3O4S. The molecule has 0 radical (unpaired) electrons. The van der Waals surface area contributed by atoms with Crippen molar-refractivity contribution < 1.29 is 18.0 Å². The van der Waals surface area contributed by atoms with Crippen molar-refractivity contribution in [2.75, 3.05) is 18.5 Å². The van der Waals surface area contributed by atoms with Gasteiger partial charge in [-0.15, -0.1) is 0 Å². The molecule has 7 nitrogen and oxygen atoms in total. The molecule has 3 rings (SSSR count). The lowest BCUT2D eigenvalue weighted by Gasteiger charge is -2.22. The van der Waals surface area contributed by atoms with E-state index in [4.69, 9.17) is 0 Å². The van der Waals surface area contributed by atoms with Crippen LogP contribution in [0.2, 0.25) is 0 Å². The van der Waals surface area contributed by atoms with Crippen molar-refractivity contribution in [3.05, 3.63) is 23.8 Å². The topological polar surface area (TPSA) is 95.6 Å². The molecule has 1 aliphatic carbocycles. The molecule has 1 saturated carbocycles. The Kier molecular flexibility index (Phi) is 5.10. The third-order valence-electron chi connectivity index (χ3n) is 4.83. The van der Waals surface area contributed by atoms with E-state index in [2.05, 4.69) is 10.0 Å². The van der Waals surface area contributed by atoms with E-state index in [0.717, 1.165) is 31.4 Å². The van der Waals surface area contributed by atoms with E-state index in [1.165, 1.54) is 23.5 Å². The van der Waals surface area contributed by atoms with Gasteiger partial charge in [0.25, 0.3) is 0 Å². The van der Waals surface area contributed by atoms with E-state index >= 15 is 0 Å². The largest absolute Gasteiger partial charge is 0.352 e. The highest BCUT2D eigenvalue weighted by molar-refractivity contribution is 7.89. The fourth-order valence-corrected chi connectivity index (χ4v) is 4.42. The Morgan fingerprint density at radius 1 is 1.24 bits per heavy atom. The highest BCUT2D eigenvalue weighted by Crippen LogP contribution is 2.29. The van der Waals surface area contributed by atoms with E-state index in [0.29, 0.717) is 5.56 Å². The van der Waals surface area contributed by atoms with Gasteiger partial charge in [0.05, 0.1) is 17.9 Å². The normalized spacial score (nSPS) is 18.3. The fraction of sp³-hybridized carbons (Fsp3) is 0.529. The second-order valence-corrected chi connectivity index (χ2v) is 8.41. The van der Waals surface area contributed by atoms with Gasteiger partial charge in [0.1, 0.15) is 0 Å². The summed E-state index contributed by atoms with van der Waals surface area (Å²) in [5.41, 5.74) is 1.40. The lowest BCUT2D eigenvalue weighted by Crippen LogP contribution is -2.42. The van der Waals surface area contributed by atoms with Gasteiger partial charge in [-0.2, -0.15) is 0 Å². The SMILES string of the molecule is CN1C(=O)Cc2cc(S(=O)(=O)NCC(=O)NC3CCCCC3)ccc21. The van der Waals surface area contributed by atoms with Gasteiger partial charge < -0.3 is 10.2 Å². The molecule has 0 atom stereocenters. The minimum absolute atomic E-state index is 0.0654. The zero-order chi connectivity index (χ0) is 18.0. The molecule has 25 heavy (non-hydrogen) atoms. The number of sulfonamides is 1. The zero-order valence-corrected chi connectivity index (χ0v) is 15.1. The number of rotatable bonds is 5. The Labute approximate surface area is 147 Å². The first-order valence-corrected chi connectivity index (χ1v) is 10.0. The van der Waals surface area contributed by atoms with Crippen molar-refractivity contribution in [3.8, 4) is 0 Å². The van der Waals surface area contributed by atoms with Crippen LogP contribution in [0.3, 0.4) is 0 Å². The number of benzene rings is 1. The Morgan fingerprint density at radius 3 is 2.68 bits per heavy atom. The molecule has 1 fully saturated rings. The molecule has 1 heterocycles. The predicted molar refractivity (Wildman–Crippen MR) is 93.8 cm³/mol. The molecule has 1 aliphatic heterocycles. The van der Waals surface area contributed by atoms with Crippen LogP contribution in [0.15, 0.2) is 23.1 Å². The summed E-state index contributed by atoms with van der Waals surface area (Å²) in [6, 6.07) is 4.72. The van der Waals surface area contributed by atoms with Crippen molar-refractivity contribution in [1.29, 1.82) is 0 Å². The highest BCUT2D eigenvalue weighted by Gasteiger charge is 2.26. The van der Waals surface area contributed by atoms with Crippen LogP contribution < -0.4 is 14.9 Å². The number of likely N-dealkylation sites (N-methyl/N-ethyl adjacent to an activating group) is 1. The van der Waals surface area contributed by atoms with Crippen LogP contribution >= 0.6 is 0 Å². The van der Waals surface area contributed by atoms with Gasteiger partial charge in [0.15, 0.2) is 0 Å². The molecule has 0 unspecified atom stereocenters. The number of hydrogen-bond acceptors (Lipinski definition) is 4. The Balaban J connectivity index is 1.61. The van der Waals surface area contributed by atoms with Gasteiger partial charge in [0.2, 0.25) is 21.8 Å². The summed E-state index contributed by atoms with van der Waals surface area (Å²) in [5.74, 6) is -0.379. The summed E-state index contributed by atoms with van der Waals surface area (Å²) < 4.78 is 27.1. The van der Waals surface area contributed by atoms with Crippen molar-refractivity contribution >= 4 is 27.5 Å². The molecule has 136 valence electrons. The molecule has 0 spiro atoms. The number of anilines is 1. The van der Waals surface area contributed by atoms with Crippen LogP contribution in [0.25, 0.3) is 0 Å². The maximum absolute atomic E-state index is 12.4. The van der Waals surface area contributed by atoms with Crippen LogP contribution in [0.4, 0.5) is 5.69 Å². The Morgan fingerprint density at radius 2 is 1.96 bits per heavy atom. The highest BCUT2D eigenvalue weighted by atomic mass is 32.2. The van der Waals surface area contributed by atoms with Crippen molar-refractivity contribution in [2.45, 2.75) is 49.5 Å². The molecule has 2 N–H and O–H groups in total. The lowest BCUT2D eigenvalue weighted by atomic mass is 9.95. The molecule has 1 aromatic rings. The molecule has 2 amide bonds. The Hall–Kier alpha value is -1.93. The lowest BCUT2D eigenvalue weighted by molar-refractivity contribution is -0.121. The van der Waals surface area contributed by atoms with E-state index < -0.39 is 10.0 Å². The van der Waals surface area contributed by atoms with Crippen molar-refractivity contribution in [2.24, 2.45) is 0 Å². The number of carbonyl (C=O) groups excluding carboxylic acids is 2. The van der Waals surface area contributed by atoms with Gasteiger partial charge >= 0.3 is 0 Å². The van der Waals surface area contributed by atoms with E-state index in [9.17, 15) is 18.0 Å². The van der Waals surface area contributed by atoms with Crippen LogP contribution in [0, 0.1) is 0 Å².